The van der Waals surface area contributed by atoms with Gasteiger partial charge in [-0.15, -0.1) is 4.99 Å². The number of nitriles is 1. The standard InChI is InChI=1S/C25H32N4O4/c1-17(14-27-25(29-16-26)28-15-24(31-3)32-4)18-9-10-22(30-2)23(13-18)33-21-11-19-7-5-6-8-20(19)12-21/h5-10,13,17,21,24H,11-12,14-15H2,1-4H3,(H2,27,28,29). The zero-order chi connectivity index (χ0) is 23.6. The second-order valence-corrected chi connectivity index (χ2v) is 7.95. The summed E-state index contributed by atoms with van der Waals surface area (Å²) in [4.78, 5) is 3.81. The average Bonchev–Trinajstić information content (AvgIpc) is 3.25. The molecule has 2 aromatic carbocycles. The number of hydrogen-bond acceptors (Lipinski definition) is 6. The summed E-state index contributed by atoms with van der Waals surface area (Å²) in [5, 5.41) is 15.2. The number of hydrogen-bond donors (Lipinski definition) is 2. The molecule has 2 aromatic rings. The molecule has 3 rings (SSSR count). The number of rotatable bonds is 10. The van der Waals surface area contributed by atoms with Crippen LogP contribution in [0.3, 0.4) is 0 Å². The highest BCUT2D eigenvalue weighted by Gasteiger charge is 2.24. The van der Waals surface area contributed by atoms with Crippen LogP contribution in [0.15, 0.2) is 47.5 Å². The molecule has 0 aromatic heterocycles. The number of methoxy groups -OCH3 is 3. The number of fused-ring (bicyclic) bond motifs is 1. The van der Waals surface area contributed by atoms with Gasteiger partial charge in [0.25, 0.3) is 0 Å². The van der Waals surface area contributed by atoms with Crippen molar-refractivity contribution in [3.63, 3.8) is 0 Å². The maximum absolute atomic E-state index is 8.98. The number of ether oxygens (including phenoxy) is 4. The Kier molecular flexibility index (Phi) is 8.93. The van der Waals surface area contributed by atoms with E-state index in [1.54, 1.807) is 21.3 Å². The van der Waals surface area contributed by atoms with Gasteiger partial charge in [-0.2, -0.15) is 5.26 Å². The molecular formula is C25H32N4O4. The zero-order valence-electron chi connectivity index (χ0n) is 19.6. The Labute approximate surface area is 195 Å². The summed E-state index contributed by atoms with van der Waals surface area (Å²) >= 11 is 0. The molecular weight excluding hydrogens is 420 g/mol. The molecule has 0 saturated heterocycles. The van der Waals surface area contributed by atoms with Crippen molar-refractivity contribution in [2.45, 2.75) is 38.1 Å². The number of nitrogens with one attached hydrogen (secondary N) is 2. The Morgan fingerprint density at radius 2 is 1.70 bits per heavy atom. The van der Waals surface area contributed by atoms with Crippen LogP contribution in [-0.2, 0) is 22.3 Å². The largest absolute Gasteiger partial charge is 0.493 e. The quantitative estimate of drug-likeness (QED) is 0.248. The van der Waals surface area contributed by atoms with Gasteiger partial charge in [-0.25, -0.2) is 0 Å². The van der Waals surface area contributed by atoms with Gasteiger partial charge in [0.15, 0.2) is 17.8 Å². The highest BCUT2D eigenvalue weighted by atomic mass is 16.7. The molecule has 0 radical (unpaired) electrons. The Balaban J connectivity index is 1.63. The molecule has 33 heavy (non-hydrogen) atoms. The summed E-state index contributed by atoms with van der Waals surface area (Å²) in [6.07, 6.45) is 3.25. The monoisotopic (exact) mass is 452 g/mol. The van der Waals surface area contributed by atoms with E-state index in [0.717, 1.165) is 24.2 Å². The van der Waals surface area contributed by atoms with E-state index < -0.39 is 6.29 Å². The summed E-state index contributed by atoms with van der Waals surface area (Å²) < 4.78 is 22.2. The maximum Gasteiger partial charge on any atom is 0.209 e. The van der Waals surface area contributed by atoms with E-state index in [1.807, 2.05) is 24.4 Å². The highest BCUT2D eigenvalue weighted by Crippen LogP contribution is 2.34. The van der Waals surface area contributed by atoms with Crippen LogP contribution in [0.25, 0.3) is 0 Å². The molecule has 1 aliphatic rings. The molecule has 0 heterocycles. The third-order valence-corrected chi connectivity index (χ3v) is 5.76. The van der Waals surface area contributed by atoms with Crippen LogP contribution in [-0.4, -0.2) is 52.8 Å². The number of benzene rings is 2. The Morgan fingerprint density at radius 1 is 1.03 bits per heavy atom. The number of guanidine groups is 1. The molecule has 0 fully saturated rings. The first-order chi connectivity index (χ1) is 16.1. The van der Waals surface area contributed by atoms with Crippen LogP contribution in [0, 0.1) is 11.5 Å². The van der Waals surface area contributed by atoms with Gasteiger partial charge >= 0.3 is 0 Å². The van der Waals surface area contributed by atoms with Gasteiger partial charge in [0.1, 0.15) is 6.10 Å². The van der Waals surface area contributed by atoms with Gasteiger partial charge in [0, 0.05) is 33.6 Å². The summed E-state index contributed by atoms with van der Waals surface area (Å²) in [6.45, 7) is 3.03. The van der Waals surface area contributed by atoms with Crippen molar-refractivity contribution < 1.29 is 18.9 Å². The third-order valence-electron chi connectivity index (χ3n) is 5.76. The van der Waals surface area contributed by atoms with Crippen molar-refractivity contribution in [3.8, 4) is 17.7 Å². The van der Waals surface area contributed by atoms with Gasteiger partial charge in [0.2, 0.25) is 12.2 Å². The molecule has 0 aliphatic heterocycles. The minimum atomic E-state index is -0.434. The Hall–Kier alpha value is -3.28. The lowest BCUT2D eigenvalue weighted by Gasteiger charge is -2.20. The predicted octanol–water partition coefficient (Wildman–Crippen LogP) is 2.98. The van der Waals surface area contributed by atoms with Crippen LogP contribution in [0.1, 0.15) is 29.5 Å². The van der Waals surface area contributed by atoms with Crippen molar-refractivity contribution in [1.29, 1.82) is 5.26 Å². The Bertz CT molecular complexity index is 960. The van der Waals surface area contributed by atoms with Gasteiger partial charge in [-0.3, -0.25) is 0 Å². The van der Waals surface area contributed by atoms with Gasteiger partial charge in [-0.1, -0.05) is 37.3 Å². The van der Waals surface area contributed by atoms with E-state index in [9.17, 15) is 0 Å². The molecule has 0 spiro atoms. The fourth-order valence-electron chi connectivity index (χ4n) is 3.88. The normalized spacial score (nSPS) is 14.5. The molecule has 2 N–H and O–H groups in total. The number of nitrogens with zero attached hydrogens (tertiary/aromatic N) is 2. The fourth-order valence-corrected chi connectivity index (χ4v) is 3.88. The van der Waals surface area contributed by atoms with Crippen LogP contribution in [0.5, 0.6) is 11.5 Å². The molecule has 8 heteroatoms. The minimum absolute atomic E-state index is 0.0908. The van der Waals surface area contributed by atoms with Gasteiger partial charge in [-0.05, 0) is 34.7 Å². The minimum Gasteiger partial charge on any atom is -0.493 e. The van der Waals surface area contributed by atoms with Gasteiger partial charge < -0.3 is 29.6 Å². The van der Waals surface area contributed by atoms with E-state index >= 15 is 0 Å². The molecule has 8 nitrogen and oxygen atoms in total. The molecule has 1 unspecified atom stereocenters. The first-order valence-electron chi connectivity index (χ1n) is 11.0. The van der Waals surface area contributed by atoms with E-state index in [-0.39, 0.29) is 12.0 Å². The first kappa shape index (κ1) is 24.4. The average molecular weight is 453 g/mol. The lowest BCUT2D eigenvalue weighted by Crippen LogP contribution is -2.43. The zero-order valence-corrected chi connectivity index (χ0v) is 19.6. The predicted molar refractivity (Wildman–Crippen MR) is 127 cm³/mol. The van der Waals surface area contributed by atoms with Crippen LogP contribution < -0.4 is 20.1 Å². The van der Waals surface area contributed by atoms with Crippen molar-refractivity contribution in [1.82, 2.24) is 10.6 Å². The van der Waals surface area contributed by atoms with E-state index in [0.29, 0.717) is 24.8 Å². The van der Waals surface area contributed by atoms with E-state index in [4.69, 9.17) is 24.2 Å². The maximum atomic E-state index is 8.98. The first-order valence-corrected chi connectivity index (χ1v) is 11.0. The van der Waals surface area contributed by atoms with E-state index in [1.165, 1.54) is 11.1 Å². The Morgan fingerprint density at radius 3 is 2.30 bits per heavy atom. The summed E-state index contributed by atoms with van der Waals surface area (Å²) in [7, 11) is 4.76. The summed E-state index contributed by atoms with van der Waals surface area (Å²) in [6, 6.07) is 14.5. The molecule has 1 aliphatic carbocycles. The summed E-state index contributed by atoms with van der Waals surface area (Å²) in [5.41, 5.74) is 3.78. The lowest BCUT2D eigenvalue weighted by molar-refractivity contribution is -0.0966. The van der Waals surface area contributed by atoms with Crippen LogP contribution in [0.2, 0.25) is 0 Å². The third kappa shape index (κ3) is 6.60. The second kappa shape index (κ2) is 12.1. The molecule has 1 atom stereocenters. The number of aliphatic imine (C=N–C) groups is 1. The molecule has 0 saturated carbocycles. The second-order valence-electron chi connectivity index (χ2n) is 7.95. The lowest BCUT2D eigenvalue weighted by atomic mass is 10.0. The smallest absolute Gasteiger partial charge is 0.209 e. The van der Waals surface area contributed by atoms with Gasteiger partial charge in [0.05, 0.1) is 13.7 Å². The van der Waals surface area contributed by atoms with Crippen molar-refractivity contribution in [2.75, 3.05) is 34.4 Å². The van der Waals surface area contributed by atoms with Crippen molar-refractivity contribution in [2.24, 2.45) is 4.99 Å². The molecule has 0 bridgehead atoms. The fraction of sp³-hybridized carbons (Fsp3) is 0.440. The van der Waals surface area contributed by atoms with Crippen LogP contribution >= 0.6 is 0 Å². The highest BCUT2D eigenvalue weighted by molar-refractivity contribution is 5.80. The summed E-state index contributed by atoms with van der Waals surface area (Å²) in [5.74, 6) is 1.96. The SMILES string of the molecule is COc1ccc(C(C)CN/C(=N\C#N)NCC(OC)OC)cc1OC1Cc2ccccc2C1. The van der Waals surface area contributed by atoms with Crippen LogP contribution in [0.4, 0.5) is 0 Å². The van der Waals surface area contributed by atoms with Crippen molar-refractivity contribution in [3.05, 3.63) is 59.2 Å². The molecule has 176 valence electrons. The van der Waals surface area contributed by atoms with Crippen molar-refractivity contribution >= 4 is 5.96 Å². The topological polar surface area (TPSA) is 97.1 Å². The molecule has 0 amide bonds. The van der Waals surface area contributed by atoms with E-state index in [2.05, 4.69) is 46.8 Å².